The lowest BCUT2D eigenvalue weighted by Gasteiger charge is -2.05. The maximum atomic E-state index is 5.27. The SMILES string of the molecule is CNCc1ccc(/C=N/Nc2ccc(-c3cnco3)cc2)cc1I. The second-order valence-corrected chi connectivity index (χ2v) is 6.36. The van der Waals surface area contributed by atoms with E-state index in [1.807, 2.05) is 37.5 Å². The summed E-state index contributed by atoms with van der Waals surface area (Å²) in [5.74, 6) is 0.751. The van der Waals surface area contributed by atoms with E-state index in [2.05, 4.69) is 61.6 Å². The Hall–Kier alpha value is -2.19. The molecule has 0 atom stereocenters. The average Bonchev–Trinajstić information content (AvgIpc) is 3.13. The summed E-state index contributed by atoms with van der Waals surface area (Å²) < 4.78 is 6.49. The zero-order chi connectivity index (χ0) is 16.8. The first-order valence-corrected chi connectivity index (χ1v) is 8.55. The molecule has 5 nitrogen and oxygen atoms in total. The Morgan fingerprint density at radius 3 is 2.71 bits per heavy atom. The first kappa shape index (κ1) is 16.7. The molecular weight excluding hydrogens is 415 g/mol. The Labute approximate surface area is 154 Å². The lowest BCUT2D eigenvalue weighted by atomic mass is 10.1. The topological polar surface area (TPSA) is 62.5 Å². The largest absolute Gasteiger partial charge is 0.444 e. The molecule has 0 aliphatic rings. The van der Waals surface area contributed by atoms with E-state index in [1.165, 1.54) is 15.5 Å². The fourth-order valence-electron chi connectivity index (χ4n) is 2.23. The van der Waals surface area contributed by atoms with Gasteiger partial charge in [-0.2, -0.15) is 5.10 Å². The van der Waals surface area contributed by atoms with E-state index >= 15 is 0 Å². The molecule has 1 heterocycles. The van der Waals surface area contributed by atoms with Gasteiger partial charge in [-0.05, 0) is 71.1 Å². The Balaban J connectivity index is 1.63. The molecule has 0 fully saturated rings. The number of nitrogens with one attached hydrogen (secondary N) is 2. The van der Waals surface area contributed by atoms with Gasteiger partial charge in [-0.15, -0.1) is 0 Å². The lowest BCUT2D eigenvalue weighted by Crippen LogP contribution is -2.06. The number of benzene rings is 2. The molecule has 0 spiro atoms. The maximum absolute atomic E-state index is 5.27. The van der Waals surface area contributed by atoms with Gasteiger partial charge in [0.1, 0.15) is 0 Å². The molecular formula is C18H17IN4O. The summed E-state index contributed by atoms with van der Waals surface area (Å²) in [5, 5.41) is 7.45. The van der Waals surface area contributed by atoms with Crippen LogP contribution in [0, 0.1) is 3.57 Å². The molecule has 6 heteroatoms. The number of oxazole rings is 1. The van der Waals surface area contributed by atoms with Crippen molar-refractivity contribution in [2.75, 3.05) is 12.5 Å². The van der Waals surface area contributed by atoms with Crippen molar-refractivity contribution in [1.82, 2.24) is 10.3 Å². The average molecular weight is 432 g/mol. The lowest BCUT2D eigenvalue weighted by molar-refractivity contribution is 0.572. The van der Waals surface area contributed by atoms with Crippen molar-refractivity contribution in [3.05, 3.63) is 69.8 Å². The van der Waals surface area contributed by atoms with Crippen LogP contribution in [-0.2, 0) is 6.54 Å². The van der Waals surface area contributed by atoms with Crippen molar-refractivity contribution in [3.63, 3.8) is 0 Å². The minimum Gasteiger partial charge on any atom is -0.444 e. The second kappa shape index (κ2) is 8.07. The standard InChI is InChI=1S/C18H17IN4O/c1-20-10-15-3-2-13(8-17(15)19)9-22-23-16-6-4-14(5-7-16)18-11-21-12-24-18/h2-9,11-12,20,23H,10H2,1H3/b22-9+. The number of hydrogen-bond acceptors (Lipinski definition) is 5. The van der Waals surface area contributed by atoms with Gasteiger partial charge in [-0.3, -0.25) is 5.43 Å². The summed E-state index contributed by atoms with van der Waals surface area (Å²) in [6, 6.07) is 14.1. The Kier molecular flexibility index (Phi) is 5.60. The third kappa shape index (κ3) is 4.21. The molecule has 0 unspecified atom stereocenters. The molecule has 24 heavy (non-hydrogen) atoms. The van der Waals surface area contributed by atoms with Crippen molar-refractivity contribution >= 4 is 34.5 Å². The van der Waals surface area contributed by atoms with Gasteiger partial charge >= 0.3 is 0 Å². The molecule has 2 N–H and O–H groups in total. The van der Waals surface area contributed by atoms with E-state index in [0.717, 1.165) is 29.1 Å². The van der Waals surface area contributed by atoms with Gasteiger partial charge in [0.05, 0.1) is 18.1 Å². The van der Waals surface area contributed by atoms with Gasteiger partial charge in [0.25, 0.3) is 0 Å². The summed E-state index contributed by atoms with van der Waals surface area (Å²) in [4.78, 5) is 3.92. The van der Waals surface area contributed by atoms with E-state index < -0.39 is 0 Å². The molecule has 0 saturated heterocycles. The van der Waals surface area contributed by atoms with Crippen LogP contribution in [0.1, 0.15) is 11.1 Å². The highest BCUT2D eigenvalue weighted by Gasteiger charge is 2.01. The Bertz CT molecular complexity index is 814. The number of hydrogen-bond donors (Lipinski definition) is 2. The molecule has 2 aromatic carbocycles. The van der Waals surface area contributed by atoms with Crippen LogP contribution in [0.3, 0.4) is 0 Å². The minimum atomic E-state index is 0.751. The molecule has 3 aromatic rings. The molecule has 0 aliphatic carbocycles. The van der Waals surface area contributed by atoms with Crippen LogP contribution in [0.4, 0.5) is 5.69 Å². The van der Waals surface area contributed by atoms with Crippen molar-refractivity contribution in [1.29, 1.82) is 0 Å². The minimum absolute atomic E-state index is 0.751. The van der Waals surface area contributed by atoms with E-state index in [4.69, 9.17) is 4.42 Å². The monoisotopic (exact) mass is 432 g/mol. The highest BCUT2D eigenvalue weighted by atomic mass is 127. The van der Waals surface area contributed by atoms with Crippen LogP contribution in [0.5, 0.6) is 0 Å². The zero-order valence-electron chi connectivity index (χ0n) is 13.2. The first-order chi connectivity index (χ1) is 11.8. The molecule has 3 rings (SSSR count). The van der Waals surface area contributed by atoms with Gasteiger partial charge in [-0.1, -0.05) is 12.1 Å². The fraction of sp³-hybridized carbons (Fsp3) is 0.111. The number of nitrogens with zero attached hydrogens (tertiary/aromatic N) is 2. The van der Waals surface area contributed by atoms with Crippen LogP contribution in [0.15, 0.2) is 64.6 Å². The molecule has 0 bridgehead atoms. The second-order valence-electron chi connectivity index (χ2n) is 5.19. The van der Waals surface area contributed by atoms with Crippen LogP contribution in [0.25, 0.3) is 11.3 Å². The molecule has 0 saturated carbocycles. The van der Waals surface area contributed by atoms with Crippen molar-refractivity contribution in [3.8, 4) is 11.3 Å². The smallest absolute Gasteiger partial charge is 0.181 e. The highest BCUT2D eigenvalue weighted by Crippen LogP contribution is 2.20. The Morgan fingerprint density at radius 1 is 1.21 bits per heavy atom. The number of halogens is 1. The highest BCUT2D eigenvalue weighted by molar-refractivity contribution is 14.1. The zero-order valence-corrected chi connectivity index (χ0v) is 15.3. The van der Waals surface area contributed by atoms with Crippen LogP contribution in [-0.4, -0.2) is 18.2 Å². The van der Waals surface area contributed by atoms with Crippen molar-refractivity contribution in [2.45, 2.75) is 6.54 Å². The summed E-state index contributed by atoms with van der Waals surface area (Å²) in [7, 11) is 1.95. The summed E-state index contributed by atoms with van der Waals surface area (Å²) in [5.41, 5.74) is 7.27. The van der Waals surface area contributed by atoms with E-state index in [1.54, 1.807) is 6.20 Å². The third-order valence-electron chi connectivity index (χ3n) is 3.45. The predicted octanol–water partition coefficient (Wildman–Crippen LogP) is 4.11. The summed E-state index contributed by atoms with van der Waals surface area (Å²) in [6.07, 6.45) is 4.94. The van der Waals surface area contributed by atoms with Gasteiger partial charge in [0, 0.05) is 15.7 Å². The predicted molar refractivity (Wildman–Crippen MR) is 105 cm³/mol. The van der Waals surface area contributed by atoms with Crippen LogP contribution < -0.4 is 10.7 Å². The van der Waals surface area contributed by atoms with Crippen LogP contribution in [0.2, 0.25) is 0 Å². The fourth-order valence-corrected chi connectivity index (χ4v) is 2.96. The molecule has 0 radical (unpaired) electrons. The number of aromatic nitrogens is 1. The van der Waals surface area contributed by atoms with Crippen LogP contribution >= 0.6 is 22.6 Å². The molecule has 0 amide bonds. The molecule has 0 aliphatic heterocycles. The molecule has 1 aromatic heterocycles. The van der Waals surface area contributed by atoms with Gasteiger partial charge in [0.15, 0.2) is 12.2 Å². The third-order valence-corrected chi connectivity index (χ3v) is 4.46. The van der Waals surface area contributed by atoms with Gasteiger partial charge in [0.2, 0.25) is 0 Å². The number of anilines is 1. The maximum Gasteiger partial charge on any atom is 0.181 e. The molecule has 122 valence electrons. The van der Waals surface area contributed by atoms with E-state index in [-0.39, 0.29) is 0 Å². The van der Waals surface area contributed by atoms with Crippen molar-refractivity contribution < 1.29 is 4.42 Å². The summed E-state index contributed by atoms with van der Waals surface area (Å²) >= 11 is 2.35. The Morgan fingerprint density at radius 2 is 2.04 bits per heavy atom. The van der Waals surface area contributed by atoms with Crippen molar-refractivity contribution in [2.24, 2.45) is 5.10 Å². The van der Waals surface area contributed by atoms with E-state index in [0.29, 0.717) is 0 Å². The number of rotatable bonds is 6. The number of hydrazone groups is 1. The van der Waals surface area contributed by atoms with Gasteiger partial charge < -0.3 is 9.73 Å². The quantitative estimate of drug-likeness (QED) is 0.350. The van der Waals surface area contributed by atoms with E-state index in [9.17, 15) is 0 Å². The normalized spacial score (nSPS) is 11.1. The summed E-state index contributed by atoms with van der Waals surface area (Å²) in [6.45, 7) is 0.867. The first-order valence-electron chi connectivity index (χ1n) is 7.47. The van der Waals surface area contributed by atoms with Gasteiger partial charge in [-0.25, -0.2) is 4.98 Å².